The molecule has 2 aliphatic heterocycles. The molecule has 6 nitrogen and oxygen atoms in total. The average Bonchev–Trinajstić information content (AvgIpc) is 3.35. The second kappa shape index (κ2) is 6.62. The third-order valence-electron chi connectivity index (χ3n) is 5.88. The Bertz CT molecular complexity index is 1130. The van der Waals surface area contributed by atoms with Gasteiger partial charge >= 0.3 is 0 Å². The van der Waals surface area contributed by atoms with Gasteiger partial charge in [0.05, 0.1) is 4.87 Å². The van der Waals surface area contributed by atoms with Gasteiger partial charge in [0.25, 0.3) is 0 Å². The maximum absolute atomic E-state index is 13.3. The van der Waals surface area contributed by atoms with Gasteiger partial charge in [0, 0.05) is 23.9 Å². The number of anilines is 1. The second-order valence-electron chi connectivity index (χ2n) is 7.81. The Balaban J connectivity index is 1.56. The number of carbonyl (C=O) groups is 2. The summed E-state index contributed by atoms with van der Waals surface area (Å²) in [4.78, 5) is 32.1. The molecule has 7 heteroatoms. The van der Waals surface area contributed by atoms with E-state index >= 15 is 0 Å². The third-order valence-corrected chi connectivity index (χ3v) is 7.39. The molecule has 2 fully saturated rings. The SMILES string of the molecule is Cc1cccn2c(NC(=O)[C@@H]3CS[C@@]4(C)CCC(=O)N34)c(-c3ccccc3)nc12. The summed E-state index contributed by atoms with van der Waals surface area (Å²) in [7, 11) is 0. The van der Waals surface area contributed by atoms with Crippen LogP contribution in [0.15, 0.2) is 48.7 Å². The van der Waals surface area contributed by atoms with E-state index in [9.17, 15) is 9.59 Å². The molecule has 148 valence electrons. The van der Waals surface area contributed by atoms with Crippen molar-refractivity contribution in [2.24, 2.45) is 0 Å². The van der Waals surface area contributed by atoms with Crippen molar-refractivity contribution in [1.29, 1.82) is 0 Å². The first-order valence-electron chi connectivity index (χ1n) is 9.78. The lowest BCUT2D eigenvalue weighted by atomic mass is 10.1. The number of aryl methyl sites for hydroxylation is 1. The fourth-order valence-corrected chi connectivity index (χ4v) is 5.77. The quantitative estimate of drug-likeness (QED) is 0.720. The molecule has 0 unspecified atom stereocenters. The van der Waals surface area contributed by atoms with Crippen molar-refractivity contribution in [1.82, 2.24) is 14.3 Å². The highest BCUT2D eigenvalue weighted by molar-refractivity contribution is 8.01. The Hall–Kier alpha value is -2.80. The highest BCUT2D eigenvalue weighted by atomic mass is 32.2. The molecule has 2 saturated heterocycles. The minimum atomic E-state index is -0.459. The maximum atomic E-state index is 13.3. The number of thioether (sulfide) groups is 1. The van der Waals surface area contributed by atoms with Crippen LogP contribution in [-0.4, -0.2) is 42.8 Å². The van der Waals surface area contributed by atoms with Crippen molar-refractivity contribution in [3.8, 4) is 11.3 Å². The maximum Gasteiger partial charge on any atom is 0.249 e. The van der Waals surface area contributed by atoms with E-state index in [0.717, 1.165) is 28.9 Å². The number of amides is 2. The Kier molecular flexibility index (Phi) is 4.17. The summed E-state index contributed by atoms with van der Waals surface area (Å²) in [6, 6.07) is 13.3. The van der Waals surface area contributed by atoms with Crippen molar-refractivity contribution in [3.63, 3.8) is 0 Å². The zero-order valence-electron chi connectivity index (χ0n) is 16.4. The van der Waals surface area contributed by atoms with Crippen LogP contribution in [-0.2, 0) is 9.59 Å². The molecule has 5 rings (SSSR count). The third kappa shape index (κ3) is 2.83. The summed E-state index contributed by atoms with van der Waals surface area (Å²) in [5.41, 5.74) is 3.51. The summed E-state index contributed by atoms with van der Waals surface area (Å²) in [6.45, 7) is 4.06. The number of hydrogen-bond donors (Lipinski definition) is 1. The van der Waals surface area contributed by atoms with Gasteiger partial charge in [-0.1, -0.05) is 36.4 Å². The van der Waals surface area contributed by atoms with E-state index in [2.05, 4.69) is 12.2 Å². The number of aromatic nitrogens is 2. The fourth-order valence-electron chi connectivity index (χ4n) is 4.34. The first-order valence-corrected chi connectivity index (χ1v) is 10.8. The van der Waals surface area contributed by atoms with Gasteiger partial charge in [0.15, 0.2) is 0 Å². The topological polar surface area (TPSA) is 66.7 Å². The molecule has 29 heavy (non-hydrogen) atoms. The van der Waals surface area contributed by atoms with Crippen LogP contribution in [0.3, 0.4) is 0 Å². The summed E-state index contributed by atoms with van der Waals surface area (Å²) >= 11 is 1.70. The van der Waals surface area contributed by atoms with Crippen LogP contribution in [0.4, 0.5) is 5.82 Å². The molecule has 1 aromatic carbocycles. The predicted molar refractivity (Wildman–Crippen MR) is 115 cm³/mol. The van der Waals surface area contributed by atoms with Crippen LogP contribution in [0.25, 0.3) is 16.9 Å². The Labute approximate surface area is 173 Å². The minimum absolute atomic E-state index is 0.0647. The van der Waals surface area contributed by atoms with Crippen molar-refractivity contribution in [2.45, 2.75) is 37.6 Å². The predicted octanol–water partition coefficient (Wildman–Crippen LogP) is 3.70. The van der Waals surface area contributed by atoms with Gasteiger partial charge in [-0.2, -0.15) is 0 Å². The molecule has 0 spiro atoms. The molecule has 0 aliphatic carbocycles. The zero-order valence-corrected chi connectivity index (χ0v) is 17.2. The molecule has 4 heterocycles. The smallest absolute Gasteiger partial charge is 0.249 e. The van der Waals surface area contributed by atoms with Gasteiger partial charge in [-0.05, 0) is 31.9 Å². The standard InChI is InChI=1S/C22H22N4O2S/c1-14-7-6-12-25-19(14)23-18(15-8-4-3-5-9-15)20(25)24-21(28)16-13-29-22(2)11-10-17(27)26(16)22/h3-9,12,16H,10-11,13H2,1-2H3,(H,24,28)/t16-,22-/m0/s1. The highest BCUT2D eigenvalue weighted by Crippen LogP contribution is 2.47. The number of fused-ring (bicyclic) bond motifs is 2. The molecule has 2 aromatic heterocycles. The van der Waals surface area contributed by atoms with Crippen LogP contribution in [0.1, 0.15) is 25.3 Å². The van der Waals surface area contributed by atoms with E-state index in [-0.39, 0.29) is 16.7 Å². The number of pyridine rings is 1. The molecular formula is C22H22N4O2S. The van der Waals surface area contributed by atoms with Crippen LogP contribution in [0.2, 0.25) is 0 Å². The molecule has 2 amide bonds. The normalized spacial score (nSPS) is 23.6. The largest absolute Gasteiger partial charge is 0.315 e. The van der Waals surface area contributed by atoms with E-state index in [4.69, 9.17) is 4.98 Å². The van der Waals surface area contributed by atoms with Crippen molar-refractivity contribution >= 4 is 35.0 Å². The molecule has 2 aliphatic rings. The molecule has 1 N–H and O–H groups in total. The fraction of sp³-hybridized carbons (Fsp3) is 0.318. The van der Waals surface area contributed by atoms with E-state index < -0.39 is 6.04 Å². The second-order valence-corrected chi connectivity index (χ2v) is 9.32. The van der Waals surface area contributed by atoms with Gasteiger partial charge in [-0.25, -0.2) is 4.98 Å². The summed E-state index contributed by atoms with van der Waals surface area (Å²) in [5.74, 6) is 1.17. The van der Waals surface area contributed by atoms with Gasteiger partial charge in [-0.15, -0.1) is 11.8 Å². The molecular weight excluding hydrogens is 384 g/mol. The van der Waals surface area contributed by atoms with E-state index in [1.807, 2.05) is 60.0 Å². The van der Waals surface area contributed by atoms with E-state index in [1.54, 1.807) is 16.7 Å². The number of hydrogen-bond acceptors (Lipinski definition) is 4. The lowest BCUT2D eigenvalue weighted by molar-refractivity contribution is -0.135. The number of imidazole rings is 1. The van der Waals surface area contributed by atoms with E-state index in [1.165, 1.54) is 0 Å². The van der Waals surface area contributed by atoms with Gasteiger partial charge in [0.1, 0.15) is 23.2 Å². The lowest BCUT2D eigenvalue weighted by Gasteiger charge is -2.29. The van der Waals surface area contributed by atoms with Gasteiger partial charge in [0.2, 0.25) is 11.8 Å². The number of benzene rings is 1. The molecule has 3 aromatic rings. The number of carbonyl (C=O) groups excluding carboxylic acids is 2. The zero-order chi connectivity index (χ0) is 20.2. The van der Waals surface area contributed by atoms with Gasteiger partial charge < -0.3 is 10.2 Å². The number of nitrogens with one attached hydrogen (secondary N) is 1. The molecule has 0 bridgehead atoms. The Morgan fingerprint density at radius 2 is 2.03 bits per heavy atom. The number of nitrogens with zero attached hydrogens (tertiary/aromatic N) is 3. The molecule has 0 radical (unpaired) electrons. The van der Waals surface area contributed by atoms with Crippen LogP contribution < -0.4 is 5.32 Å². The lowest BCUT2D eigenvalue weighted by Crippen LogP contribution is -2.48. The first-order chi connectivity index (χ1) is 14.0. The van der Waals surface area contributed by atoms with Crippen LogP contribution in [0.5, 0.6) is 0 Å². The highest BCUT2D eigenvalue weighted by Gasteiger charge is 2.53. The van der Waals surface area contributed by atoms with Crippen molar-refractivity contribution in [3.05, 3.63) is 54.2 Å². The summed E-state index contributed by atoms with van der Waals surface area (Å²) < 4.78 is 1.92. The van der Waals surface area contributed by atoms with E-state index in [0.29, 0.717) is 18.0 Å². The number of rotatable bonds is 3. The Morgan fingerprint density at radius 1 is 1.24 bits per heavy atom. The van der Waals surface area contributed by atoms with Crippen molar-refractivity contribution < 1.29 is 9.59 Å². The summed E-state index contributed by atoms with van der Waals surface area (Å²) in [6.07, 6.45) is 3.22. The first kappa shape index (κ1) is 18.2. The van der Waals surface area contributed by atoms with Gasteiger partial charge in [-0.3, -0.25) is 14.0 Å². The van der Waals surface area contributed by atoms with Crippen LogP contribution in [0, 0.1) is 6.92 Å². The monoisotopic (exact) mass is 406 g/mol. The van der Waals surface area contributed by atoms with Crippen molar-refractivity contribution in [2.75, 3.05) is 11.1 Å². The molecule has 0 saturated carbocycles. The summed E-state index contributed by atoms with van der Waals surface area (Å²) in [5, 5.41) is 3.11. The average molecular weight is 407 g/mol. The Morgan fingerprint density at radius 3 is 2.83 bits per heavy atom. The minimum Gasteiger partial charge on any atom is -0.315 e. The molecule has 2 atom stereocenters. The van der Waals surface area contributed by atoms with Crippen LogP contribution >= 0.6 is 11.8 Å².